The van der Waals surface area contributed by atoms with Gasteiger partial charge in [0.05, 0.1) is 44.4 Å². The molecule has 4 aromatic rings. The van der Waals surface area contributed by atoms with Crippen LogP contribution >= 0.6 is 11.8 Å². The molecule has 0 N–H and O–H groups in total. The van der Waals surface area contributed by atoms with Gasteiger partial charge in [-0.25, -0.2) is 4.79 Å². The maximum absolute atomic E-state index is 12.5. The first-order chi connectivity index (χ1) is 21.5. The van der Waals surface area contributed by atoms with E-state index in [0.717, 1.165) is 22.3 Å². The third kappa shape index (κ3) is 10.9. The van der Waals surface area contributed by atoms with Crippen LogP contribution in [-0.4, -0.2) is 42.3 Å². The first-order valence-electron chi connectivity index (χ1n) is 14.5. The number of ether oxygens (including phenoxy) is 4. The highest BCUT2D eigenvalue weighted by atomic mass is 32.2. The molecule has 0 bridgehead atoms. The van der Waals surface area contributed by atoms with Gasteiger partial charge < -0.3 is 18.9 Å². The molecule has 44 heavy (non-hydrogen) atoms. The second-order valence-electron chi connectivity index (χ2n) is 10.1. The molecular weight excluding hydrogens is 572 g/mol. The molecule has 0 saturated heterocycles. The lowest BCUT2D eigenvalue weighted by Gasteiger charge is -2.31. The molecule has 4 rings (SSSR count). The first-order valence-corrected chi connectivity index (χ1v) is 15.4. The molecular formula is C37H38O6S. The topological polar surface area (TPSA) is 71.1 Å². The number of methoxy groups -OCH3 is 1. The zero-order valence-corrected chi connectivity index (χ0v) is 25.9. The van der Waals surface area contributed by atoms with E-state index in [9.17, 15) is 9.59 Å². The summed E-state index contributed by atoms with van der Waals surface area (Å²) in [7, 11) is 1.36. The predicted molar refractivity (Wildman–Crippen MR) is 175 cm³/mol. The third-order valence-corrected chi connectivity index (χ3v) is 7.82. The summed E-state index contributed by atoms with van der Waals surface area (Å²) in [6.45, 7) is 2.95. The van der Waals surface area contributed by atoms with Crippen molar-refractivity contribution in [3.63, 3.8) is 0 Å². The Morgan fingerprint density at radius 3 is 1.75 bits per heavy atom. The molecule has 7 heteroatoms. The third-order valence-electron chi connectivity index (χ3n) is 6.78. The monoisotopic (exact) mass is 610 g/mol. The average Bonchev–Trinajstić information content (AvgIpc) is 3.06. The van der Waals surface area contributed by atoms with E-state index in [1.54, 1.807) is 19.1 Å². The Morgan fingerprint density at radius 2 is 1.23 bits per heavy atom. The van der Waals surface area contributed by atoms with E-state index < -0.39 is 18.2 Å². The number of carbonyl (C=O) groups is 2. The van der Waals surface area contributed by atoms with E-state index in [2.05, 4.69) is 0 Å². The second-order valence-corrected chi connectivity index (χ2v) is 11.6. The standard InChI is InChI=1S/C37H38O6S/c1-28(38)44-35(27-41-24-30-12-6-3-7-13-30)36(43-26-32-16-10-5-11-17-32)34(42-25-31-14-8-4-9-15-31)23-20-29-18-21-33(22-19-29)37(39)40-2/h3-23,34-36H,24-27H2,1-2H3/b23-20+/t34-,35+,36+/m1/s1. The molecule has 0 aliphatic carbocycles. The van der Waals surface area contributed by atoms with Gasteiger partial charge in [-0.05, 0) is 34.4 Å². The lowest BCUT2D eigenvalue weighted by atomic mass is 10.1. The van der Waals surface area contributed by atoms with Crippen molar-refractivity contribution in [3.8, 4) is 0 Å². The largest absolute Gasteiger partial charge is 0.465 e. The maximum atomic E-state index is 12.5. The lowest BCUT2D eigenvalue weighted by Crippen LogP contribution is -2.41. The summed E-state index contributed by atoms with van der Waals surface area (Å²) in [5, 5.41) is -0.386. The van der Waals surface area contributed by atoms with Crippen LogP contribution in [0.4, 0.5) is 0 Å². The highest BCUT2D eigenvalue weighted by Gasteiger charge is 2.32. The van der Waals surface area contributed by atoms with Gasteiger partial charge in [-0.3, -0.25) is 4.79 Å². The summed E-state index contributed by atoms with van der Waals surface area (Å²) in [6, 6.07) is 36.9. The minimum Gasteiger partial charge on any atom is -0.465 e. The fourth-order valence-electron chi connectivity index (χ4n) is 4.54. The molecule has 0 amide bonds. The van der Waals surface area contributed by atoms with Crippen LogP contribution in [0.1, 0.15) is 39.5 Å². The van der Waals surface area contributed by atoms with Crippen LogP contribution in [0.15, 0.2) is 121 Å². The molecule has 0 saturated carbocycles. The number of hydrogen-bond donors (Lipinski definition) is 0. The van der Waals surface area contributed by atoms with Crippen LogP contribution < -0.4 is 0 Å². The maximum Gasteiger partial charge on any atom is 0.337 e. The predicted octanol–water partition coefficient (Wildman–Crippen LogP) is 7.52. The van der Waals surface area contributed by atoms with Crippen molar-refractivity contribution in [2.24, 2.45) is 0 Å². The van der Waals surface area contributed by atoms with Crippen molar-refractivity contribution < 1.29 is 28.5 Å². The molecule has 0 spiro atoms. The van der Waals surface area contributed by atoms with Gasteiger partial charge in [0.15, 0.2) is 5.12 Å². The molecule has 0 heterocycles. The Hall–Kier alpha value is -4.01. The van der Waals surface area contributed by atoms with Gasteiger partial charge in [-0.15, -0.1) is 0 Å². The summed E-state index contributed by atoms with van der Waals surface area (Å²) in [5.41, 5.74) is 4.43. The van der Waals surface area contributed by atoms with Gasteiger partial charge in [0.1, 0.15) is 12.2 Å². The Morgan fingerprint density at radius 1 is 0.705 bits per heavy atom. The fourth-order valence-corrected chi connectivity index (χ4v) is 5.50. The Balaban J connectivity index is 1.63. The van der Waals surface area contributed by atoms with Crippen LogP contribution in [0, 0.1) is 0 Å². The smallest absolute Gasteiger partial charge is 0.337 e. The number of carbonyl (C=O) groups excluding carboxylic acids is 2. The van der Waals surface area contributed by atoms with E-state index in [1.165, 1.54) is 18.9 Å². The molecule has 0 aromatic heterocycles. The van der Waals surface area contributed by atoms with E-state index in [1.807, 2.05) is 115 Å². The van der Waals surface area contributed by atoms with Crippen molar-refractivity contribution in [2.45, 2.75) is 44.2 Å². The minimum absolute atomic E-state index is 0.0317. The van der Waals surface area contributed by atoms with E-state index in [-0.39, 0.29) is 17.0 Å². The quantitative estimate of drug-likeness (QED) is 0.122. The molecule has 3 atom stereocenters. The summed E-state index contributed by atoms with van der Waals surface area (Å²) in [6.07, 6.45) is 2.83. The summed E-state index contributed by atoms with van der Waals surface area (Å²) >= 11 is 1.20. The van der Waals surface area contributed by atoms with Crippen LogP contribution in [0.2, 0.25) is 0 Å². The van der Waals surface area contributed by atoms with Crippen LogP contribution in [0.3, 0.4) is 0 Å². The van der Waals surface area contributed by atoms with Crippen LogP contribution in [-0.2, 0) is 43.6 Å². The lowest BCUT2D eigenvalue weighted by molar-refractivity contribution is -0.109. The Kier molecular flexibility index (Phi) is 13.4. The molecule has 0 radical (unpaired) electrons. The molecule has 0 fully saturated rings. The van der Waals surface area contributed by atoms with Gasteiger partial charge in [-0.1, -0.05) is 127 Å². The summed E-state index contributed by atoms with van der Waals surface area (Å²) in [4.78, 5) is 24.4. The van der Waals surface area contributed by atoms with E-state index in [0.29, 0.717) is 25.4 Å². The van der Waals surface area contributed by atoms with E-state index in [4.69, 9.17) is 18.9 Å². The molecule has 228 valence electrons. The van der Waals surface area contributed by atoms with Crippen molar-refractivity contribution in [3.05, 3.63) is 149 Å². The van der Waals surface area contributed by atoms with Gasteiger partial charge in [0.25, 0.3) is 0 Å². The average molecular weight is 611 g/mol. The second kappa shape index (κ2) is 18.0. The number of rotatable bonds is 16. The van der Waals surface area contributed by atoms with Gasteiger partial charge >= 0.3 is 5.97 Å². The van der Waals surface area contributed by atoms with Gasteiger partial charge in [-0.2, -0.15) is 0 Å². The van der Waals surface area contributed by atoms with Crippen LogP contribution in [0.25, 0.3) is 6.08 Å². The van der Waals surface area contributed by atoms with Crippen molar-refractivity contribution in [1.82, 2.24) is 0 Å². The number of thioether (sulfide) groups is 1. The molecule has 6 nitrogen and oxygen atoms in total. The van der Waals surface area contributed by atoms with Gasteiger partial charge in [0, 0.05) is 6.92 Å². The Labute approximate surface area is 264 Å². The highest BCUT2D eigenvalue weighted by molar-refractivity contribution is 8.14. The zero-order valence-electron chi connectivity index (χ0n) is 25.0. The fraction of sp³-hybridized carbons (Fsp3) is 0.243. The SMILES string of the molecule is COC(=O)c1ccc(/C=C/[C@@H](OCc2ccccc2)[C@H](OCc2ccccc2)[C@H](COCc2ccccc2)SC(C)=O)cc1. The number of benzene rings is 4. The summed E-state index contributed by atoms with van der Waals surface area (Å²) < 4.78 is 24.1. The zero-order chi connectivity index (χ0) is 31.0. The van der Waals surface area contributed by atoms with Crippen LogP contribution in [0.5, 0.6) is 0 Å². The number of esters is 1. The van der Waals surface area contributed by atoms with Crippen molar-refractivity contribution in [2.75, 3.05) is 13.7 Å². The molecule has 0 aliphatic heterocycles. The van der Waals surface area contributed by atoms with Crippen molar-refractivity contribution in [1.29, 1.82) is 0 Å². The molecule has 4 aromatic carbocycles. The molecule has 0 unspecified atom stereocenters. The highest BCUT2D eigenvalue weighted by Crippen LogP contribution is 2.26. The normalized spacial score (nSPS) is 13.3. The van der Waals surface area contributed by atoms with Gasteiger partial charge in [0.2, 0.25) is 0 Å². The Bertz CT molecular complexity index is 1440. The molecule has 0 aliphatic rings. The first kappa shape index (κ1) is 32.9. The summed E-state index contributed by atoms with van der Waals surface area (Å²) in [5.74, 6) is -0.390. The minimum atomic E-state index is -0.533. The van der Waals surface area contributed by atoms with E-state index >= 15 is 0 Å². The van der Waals surface area contributed by atoms with Crippen molar-refractivity contribution >= 4 is 28.9 Å². The number of hydrogen-bond acceptors (Lipinski definition) is 7.